The SMILES string of the molecule is CC(C1CC1)N(Cc1ccccc1)C(=O)CN1C(=O)CN(C2CC2)C1=O. The topological polar surface area (TPSA) is 60.9 Å². The number of benzene rings is 1. The minimum atomic E-state index is -0.301. The van der Waals surface area contributed by atoms with Gasteiger partial charge in [-0.2, -0.15) is 0 Å². The third-order valence-electron chi connectivity index (χ3n) is 5.68. The standard InChI is InChI=1S/C20H25N3O3/c1-14(16-7-8-16)21(11-15-5-3-2-4-6-15)18(24)13-23-19(25)12-22(20(23)26)17-9-10-17/h2-6,14,16-17H,7-13H2,1H3. The second-order valence-electron chi connectivity index (χ2n) is 7.71. The Morgan fingerprint density at radius 1 is 1.15 bits per heavy atom. The Morgan fingerprint density at radius 3 is 2.46 bits per heavy atom. The monoisotopic (exact) mass is 355 g/mol. The minimum Gasteiger partial charge on any atom is -0.334 e. The fourth-order valence-corrected chi connectivity index (χ4v) is 3.69. The molecule has 6 nitrogen and oxygen atoms in total. The van der Waals surface area contributed by atoms with Crippen molar-refractivity contribution >= 4 is 17.8 Å². The second-order valence-corrected chi connectivity index (χ2v) is 7.71. The van der Waals surface area contributed by atoms with Crippen LogP contribution in [-0.2, 0) is 16.1 Å². The van der Waals surface area contributed by atoms with Gasteiger partial charge in [0.15, 0.2) is 0 Å². The molecule has 3 fully saturated rings. The molecule has 1 saturated heterocycles. The van der Waals surface area contributed by atoms with Gasteiger partial charge < -0.3 is 9.80 Å². The van der Waals surface area contributed by atoms with Gasteiger partial charge in [-0.25, -0.2) is 4.79 Å². The molecule has 26 heavy (non-hydrogen) atoms. The maximum Gasteiger partial charge on any atom is 0.327 e. The molecule has 0 radical (unpaired) electrons. The van der Waals surface area contributed by atoms with Crippen LogP contribution >= 0.6 is 0 Å². The van der Waals surface area contributed by atoms with Crippen molar-refractivity contribution in [3.8, 4) is 0 Å². The summed E-state index contributed by atoms with van der Waals surface area (Å²) in [7, 11) is 0. The Kier molecular flexibility index (Phi) is 4.42. The highest BCUT2D eigenvalue weighted by atomic mass is 16.2. The lowest BCUT2D eigenvalue weighted by molar-refractivity contribution is -0.138. The van der Waals surface area contributed by atoms with E-state index >= 15 is 0 Å². The van der Waals surface area contributed by atoms with Gasteiger partial charge in [0.05, 0.1) is 0 Å². The Labute approximate surface area is 153 Å². The van der Waals surface area contributed by atoms with E-state index in [0.717, 1.165) is 36.1 Å². The highest BCUT2D eigenvalue weighted by Gasteiger charge is 2.45. The fraction of sp³-hybridized carbons (Fsp3) is 0.550. The summed E-state index contributed by atoms with van der Waals surface area (Å²) in [6.07, 6.45) is 4.19. The van der Waals surface area contributed by atoms with Crippen LogP contribution in [0, 0.1) is 5.92 Å². The normalized spacial score (nSPS) is 21.3. The number of nitrogens with zero attached hydrogens (tertiary/aromatic N) is 3. The molecule has 2 saturated carbocycles. The molecule has 6 heteroatoms. The van der Waals surface area contributed by atoms with Crippen LogP contribution in [0.2, 0.25) is 0 Å². The van der Waals surface area contributed by atoms with Crippen molar-refractivity contribution in [3.05, 3.63) is 35.9 Å². The van der Waals surface area contributed by atoms with Crippen molar-refractivity contribution < 1.29 is 14.4 Å². The number of rotatable bonds is 7. The average Bonchev–Trinajstić information content (AvgIpc) is 3.54. The van der Waals surface area contributed by atoms with Crippen LogP contribution in [0.5, 0.6) is 0 Å². The van der Waals surface area contributed by atoms with Gasteiger partial charge in [0, 0.05) is 18.6 Å². The van der Waals surface area contributed by atoms with Gasteiger partial charge in [-0.1, -0.05) is 30.3 Å². The summed E-state index contributed by atoms with van der Waals surface area (Å²) in [6.45, 7) is 2.56. The molecule has 1 atom stereocenters. The molecule has 138 valence electrons. The van der Waals surface area contributed by atoms with Gasteiger partial charge in [0.1, 0.15) is 13.1 Å². The molecular weight excluding hydrogens is 330 g/mol. The average molecular weight is 355 g/mol. The highest BCUT2D eigenvalue weighted by molar-refractivity contribution is 6.04. The molecule has 3 aliphatic rings. The van der Waals surface area contributed by atoms with Crippen LogP contribution in [0.3, 0.4) is 0 Å². The largest absolute Gasteiger partial charge is 0.334 e. The van der Waals surface area contributed by atoms with E-state index < -0.39 is 0 Å². The van der Waals surface area contributed by atoms with Crippen LogP contribution in [0.25, 0.3) is 0 Å². The van der Waals surface area contributed by atoms with Gasteiger partial charge in [-0.05, 0) is 44.1 Å². The van der Waals surface area contributed by atoms with E-state index in [2.05, 4.69) is 6.92 Å². The number of imide groups is 1. The molecule has 0 N–H and O–H groups in total. The Hall–Kier alpha value is -2.37. The van der Waals surface area contributed by atoms with Crippen LogP contribution < -0.4 is 0 Å². The van der Waals surface area contributed by atoms with E-state index in [4.69, 9.17) is 0 Å². The second kappa shape index (κ2) is 6.74. The first-order valence-electron chi connectivity index (χ1n) is 9.49. The predicted octanol–water partition coefficient (Wildman–Crippen LogP) is 2.24. The summed E-state index contributed by atoms with van der Waals surface area (Å²) in [5.41, 5.74) is 1.06. The third kappa shape index (κ3) is 3.45. The molecule has 1 aromatic carbocycles. The molecule has 1 heterocycles. The third-order valence-corrected chi connectivity index (χ3v) is 5.68. The van der Waals surface area contributed by atoms with Crippen LogP contribution in [0.4, 0.5) is 4.79 Å². The lowest BCUT2D eigenvalue weighted by atomic mass is 10.1. The number of carbonyl (C=O) groups excluding carboxylic acids is 3. The maximum atomic E-state index is 13.0. The molecule has 2 aliphatic carbocycles. The van der Waals surface area contributed by atoms with E-state index in [1.54, 1.807) is 4.90 Å². The van der Waals surface area contributed by atoms with Gasteiger partial charge in [0.2, 0.25) is 5.91 Å². The van der Waals surface area contributed by atoms with Crippen molar-refractivity contribution in [2.45, 2.75) is 51.2 Å². The molecule has 4 rings (SSSR count). The van der Waals surface area contributed by atoms with E-state index in [1.165, 1.54) is 0 Å². The van der Waals surface area contributed by atoms with E-state index in [1.807, 2.05) is 35.2 Å². The lowest BCUT2D eigenvalue weighted by Gasteiger charge is -2.31. The summed E-state index contributed by atoms with van der Waals surface area (Å²) >= 11 is 0. The predicted molar refractivity (Wildman–Crippen MR) is 96.0 cm³/mol. The van der Waals surface area contributed by atoms with Gasteiger partial charge in [0.25, 0.3) is 5.91 Å². The summed E-state index contributed by atoms with van der Waals surface area (Å²) < 4.78 is 0. The first kappa shape index (κ1) is 17.1. The number of amides is 4. The summed E-state index contributed by atoms with van der Waals surface area (Å²) in [5, 5.41) is 0. The quantitative estimate of drug-likeness (QED) is 0.705. The van der Waals surface area contributed by atoms with Crippen LogP contribution in [0.1, 0.15) is 38.2 Å². The maximum absolute atomic E-state index is 13.0. The lowest BCUT2D eigenvalue weighted by Crippen LogP contribution is -2.47. The van der Waals surface area contributed by atoms with Crippen molar-refractivity contribution in [2.75, 3.05) is 13.1 Å². The van der Waals surface area contributed by atoms with Crippen LogP contribution in [0.15, 0.2) is 30.3 Å². The van der Waals surface area contributed by atoms with Gasteiger partial charge >= 0.3 is 6.03 Å². The fourth-order valence-electron chi connectivity index (χ4n) is 3.69. The number of hydrogen-bond donors (Lipinski definition) is 0. The Morgan fingerprint density at radius 2 is 1.85 bits per heavy atom. The molecule has 1 aliphatic heterocycles. The summed E-state index contributed by atoms with van der Waals surface area (Å²) in [5.74, 6) is 0.122. The zero-order chi connectivity index (χ0) is 18.3. The zero-order valence-electron chi connectivity index (χ0n) is 15.1. The minimum absolute atomic E-state index is 0.119. The number of urea groups is 1. The number of hydrogen-bond acceptors (Lipinski definition) is 3. The van der Waals surface area contributed by atoms with Crippen molar-refractivity contribution in [3.63, 3.8) is 0 Å². The van der Waals surface area contributed by atoms with E-state index in [-0.39, 0.29) is 43.0 Å². The van der Waals surface area contributed by atoms with Gasteiger partial charge in [-0.15, -0.1) is 0 Å². The van der Waals surface area contributed by atoms with Crippen molar-refractivity contribution in [2.24, 2.45) is 5.92 Å². The Balaban J connectivity index is 1.47. The molecule has 4 amide bonds. The summed E-state index contributed by atoms with van der Waals surface area (Å²) in [4.78, 5) is 42.4. The molecular formula is C20H25N3O3. The van der Waals surface area contributed by atoms with Gasteiger partial charge in [-0.3, -0.25) is 14.5 Å². The molecule has 1 aromatic rings. The first-order chi connectivity index (χ1) is 12.5. The zero-order valence-corrected chi connectivity index (χ0v) is 15.1. The smallest absolute Gasteiger partial charge is 0.327 e. The van der Waals surface area contributed by atoms with E-state index in [9.17, 15) is 14.4 Å². The van der Waals surface area contributed by atoms with E-state index in [0.29, 0.717) is 12.5 Å². The van der Waals surface area contributed by atoms with Crippen LogP contribution in [-0.4, -0.2) is 57.7 Å². The van der Waals surface area contributed by atoms with Crippen molar-refractivity contribution in [1.82, 2.24) is 14.7 Å². The first-order valence-corrected chi connectivity index (χ1v) is 9.49. The molecule has 0 aromatic heterocycles. The Bertz CT molecular complexity index is 712. The molecule has 0 bridgehead atoms. The number of carbonyl (C=O) groups is 3. The molecule has 0 spiro atoms. The highest BCUT2D eigenvalue weighted by Crippen LogP contribution is 2.36. The summed E-state index contributed by atoms with van der Waals surface area (Å²) in [6, 6.07) is 9.88. The van der Waals surface area contributed by atoms with Crippen molar-refractivity contribution in [1.29, 1.82) is 0 Å². The molecule has 1 unspecified atom stereocenters.